The number of aromatic nitrogens is 3. The van der Waals surface area contributed by atoms with Crippen LogP contribution < -0.4 is 5.32 Å². The van der Waals surface area contributed by atoms with Crippen molar-refractivity contribution in [2.75, 3.05) is 33.2 Å². The number of carbonyl (C=O) groups is 1. The molecule has 1 aromatic carbocycles. The maximum absolute atomic E-state index is 12.6. The molecule has 9 heteroatoms. The molecule has 1 aliphatic rings. The third-order valence-electron chi connectivity index (χ3n) is 4.76. The van der Waals surface area contributed by atoms with Crippen molar-refractivity contribution in [3.8, 4) is 0 Å². The quantitative estimate of drug-likeness (QED) is 0.583. The lowest BCUT2D eigenvalue weighted by atomic mass is 10.2. The molecule has 3 rings (SSSR count). The van der Waals surface area contributed by atoms with E-state index in [0.717, 1.165) is 36.9 Å². The van der Waals surface area contributed by atoms with Gasteiger partial charge in [-0.15, -0.1) is 10.2 Å². The first-order chi connectivity index (χ1) is 13.6. The summed E-state index contributed by atoms with van der Waals surface area (Å²) in [7, 11) is 1.74. The second-order valence-corrected chi connectivity index (χ2v) is 7.07. The summed E-state index contributed by atoms with van der Waals surface area (Å²) in [5.41, 5.74) is 1.08. The Morgan fingerprint density at radius 2 is 2.07 bits per heavy atom. The average molecular weight is 404 g/mol. The van der Waals surface area contributed by atoms with Gasteiger partial charge in [-0.2, -0.15) is 0 Å². The van der Waals surface area contributed by atoms with Gasteiger partial charge in [-0.1, -0.05) is 30.7 Å². The number of piperazine rings is 1. The van der Waals surface area contributed by atoms with Crippen LogP contribution in [0.1, 0.15) is 18.3 Å². The summed E-state index contributed by atoms with van der Waals surface area (Å²) >= 11 is 5.93. The van der Waals surface area contributed by atoms with Crippen LogP contribution in [0, 0.1) is 0 Å². The summed E-state index contributed by atoms with van der Waals surface area (Å²) < 4.78 is 2.02. The Balaban J connectivity index is 1.50. The van der Waals surface area contributed by atoms with Crippen molar-refractivity contribution in [3.05, 3.63) is 47.0 Å². The monoisotopic (exact) mass is 403 g/mol. The van der Waals surface area contributed by atoms with Gasteiger partial charge in [-0.05, 0) is 17.7 Å². The van der Waals surface area contributed by atoms with Crippen LogP contribution in [0.5, 0.6) is 0 Å². The standard InChI is InChI=1S/C19H26ClN7O/c1-3-17-24-23-14-27(17)9-8-22-19(21-2)26-11-10-25(18(28)13-26)12-15-4-6-16(20)7-5-15/h4-7,14H,3,8-13H2,1-2H3,(H,21,22). The summed E-state index contributed by atoms with van der Waals surface area (Å²) in [6.07, 6.45) is 2.58. The molecule has 28 heavy (non-hydrogen) atoms. The summed E-state index contributed by atoms with van der Waals surface area (Å²) in [6.45, 7) is 5.82. The number of amides is 1. The third-order valence-corrected chi connectivity index (χ3v) is 5.02. The lowest BCUT2D eigenvalue weighted by molar-refractivity contribution is -0.135. The Morgan fingerprint density at radius 3 is 2.75 bits per heavy atom. The molecular formula is C19H26ClN7O. The van der Waals surface area contributed by atoms with Gasteiger partial charge < -0.3 is 19.7 Å². The second kappa shape index (κ2) is 9.54. The summed E-state index contributed by atoms with van der Waals surface area (Å²) in [6, 6.07) is 7.61. The highest BCUT2D eigenvalue weighted by atomic mass is 35.5. The number of aryl methyl sites for hydroxylation is 1. The van der Waals surface area contributed by atoms with E-state index in [1.54, 1.807) is 13.4 Å². The Bertz CT molecular complexity index is 818. The number of hydrogen-bond acceptors (Lipinski definition) is 4. The first kappa shape index (κ1) is 20.1. The molecule has 1 aromatic heterocycles. The summed E-state index contributed by atoms with van der Waals surface area (Å²) in [4.78, 5) is 20.8. The molecule has 8 nitrogen and oxygen atoms in total. The van der Waals surface area contributed by atoms with E-state index in [1.807, 2.05) is 38.6 Å². The lowest BCUT2D eigenvalue weighted by Gasteiger charge is -2.36. The fourth-order valence-electron chi connectivity index (χ4n) is 3.23. The van der Waals surface area contributed by atoms with Crippen molar-refractivity contribution in [3.63, 3.8) is 0 Å². The van der Waals surface area contributed by atoms with E-state index in [2.05, 4.69) is 27.4 Å². The van der Waals surface area contributed by atoms with Crippen molar-refractivity contribution in [1.29, 1.82) is 0 Å². The molecule has 1 fully saturated rings. The van der Waals surface area contributed by atoms with Crippen LogP contribution in [0.25, 0.3) is 0 Å². The zero-order valence-corrected chi connectivity index (χ0v) is 17.1. The summed E-state index contributed by atoms with van der Waals surface area (Å²) in [5, 5.41) is 12.1. The molecular weight excluding hydrogens is 378 g/mol. The Morgan fingerprint density at radius 1 is 1.29 bits per heavy atom. The highest BCUT2D eigenvalue weighted by Crippen LogP contribution is 2.13. The Labute approximate surface area is 170 Å². The average Bonchev–Trinajstić information content (AvgIpc) is 3.16. The molecule has 0 spiro atoms. The predicted octanol–water partition coefficient (Wildman–Crippen LogP) is 1.41. The fourth-order valence-corrected chi connectivity index (χ4v) is 3.35. The molecule has 0 aliphatic carbocycles. The zero-order valence-electron chi connectivity index (χ0n) is 16.3. The number of benzene rings is 1. The topological polar surface area (TPSA) is 78.7 Å². The van der Waals surface area contributed by atoms with E-state index in [-0.39, 0.29) is 5.91 Å². The molecule has 150 valence electrons. The van der Waals surface area contributed by atoms with Crippen LogP contribution in [0.3, 0.4) is 0 Å². The van der Waals surface area contributed by atoms with Gasteiger partial charge in [0.05, 0.1) is 6.54 Å². The first-order valence-electron chi connectivity index (χ1n) is 9.45. The molecule has 1 aliphatic heterocycles. The van der Waals surface area contributed by atoms with Crippen molar-refractivity contribution in [1.82, 2.24) is 29.9 Å². The number of nitrogens with one attached hydrogen (secondary N) is 1. The van der Waals surface area contributed by atoms with E-state index in [9.17, 15) is 4.79 Å². The van der Waals surface area contributed by atoms with Gasteiger partial charge in [0.25, 0.3) is 0 Å². The maximum atomic E-state index is 12.6. The number of guanidine groups is 1. The van der Waals surface area contributed by atoms with Crippen LogP contribution in [-0.4, -0.2) is 69.7 Å². The normalized spacial score (nSPS) is 15.2. The molecule has 2 aromatic rings. The molecule has 0 atom stereocenters. The van der Waals surface area contributed by atoms with Crippen LogP contribution in [0.2, 0.25) is 5.02 Å². The minimum Gasteiger partial charge on any atom is -0.354 e. The van der Waals surface area contributed by atoms with Crippen LogP contribution in [0.4, 0.5) is 0 Å². The van der Waals surface area contributed by atoms with Gasteiger partial charge in [-0.25, -0.2) is 0 Å². The van der Waals surface area contributed by atoms with Gasteiger partial charge in [-0.3, -0.25) is 9.79 Å². The van der Waals surface area contributed by atoms with E-state index in [4.69, 9.17) is 11.6 Å². The number of hydrogen-bond donors (Lipinski definition) is 1. The highest BCUT2D eigenvalue weighted by molar-refractivity contribution is 6.30. The molecule has 1 amide bonds. The highest BCUT2D eigenvalue weighted by Gasteiger charge is 2.25. The Hall–Kier alpha value is -2.61. The molecule has 1 N–H and O–H groups in total. The van der Waals surface area contributed by atoms with E-state index in [1.165, 1.54) is 0 Å². The minimum atomic E-state index is 0.0937. The number of carbonyl (C=O) groups excluding carboxylic acids is 1. The third kappa shape index (κ3) is 5.01. The molecule has 2 heterocycles. The predicted molar refractivity (Wildman–Crippen MR) is 109 cm³/mol. The van der Waals surface area contributed by atoms with Crippen molar-refractivity contribution in [2.45, 2.75) is 26.4 Å². The number of nitrogens with zero attached hydrogens (tertiary/aromatic N) is 6. The van der Waals surface area contributed by atoms with Crippen LogP contribution in [-0.2, 0) is 24.3 Å². The van der Waals surface area contributed by atoms with Crippen LogP contribution in [0.15, 0.2) is 35.6 Å². The van der Waals surface area contributed by atoms with Gasteiger partial charge >= 0.3 is 0 Å². The second-order valence-electron chi connectivity index (χ2n) is 6.63. The number of rotatable bonds is 6. The van der Waals surface area contributed by atoms with Gasteiger partial charge in [0.15, 0.2) is 5.96 Å². The Kier molecular flexibility index (Phi) is 6.86. The number of halogens is 1. The van der Waals surface area contributed by atoms with E-state index in [0.29, 0.717) is 31.2 Å². The van der Waals surface area contributed by atoms with Crippen molar-refractivity contribution < 1.29 is 4.79 Å². The first-order valence-corrected chi connectivity index (χ1v) is 9.83. The zero-order chi connectivity index (χ0) is 19.9. The van der Waals surface area contributed by atoms with Crippen LogP contribution >= 0.6 is 11.6 Å². The van der Waals surface area contributed by atoms with E-state index >= 15 is 0 Å². The molecule has 0 radical (unpaired) electrons. The van der Waals surface area contributed by atoms with Gasteiger partial charge in [0.1, 0.15) is 12.2 Å². The van der Waals surface area contributed by atoms with Gasteiger partial charge in [0.2, 0.25) is 5.91 Å². The smallest absolute Gasteiger partial charge is 0.242 e. The van der Waals surface area contributed by atoms with E-state index < -0.39 is 0 Å². The van der Waals surface area contributed by atoms with Crippen molar-refractivity contribution in [2.24, 2.45) is 4.99 Å². The lowest BCUT2D eigenvalue weighted by Crippen LogP contribution is -2.55. The fraction of sp³-hybridized carbons (Fsp3) is 0.474. The molecule has 0 bridgehead atoms. The molecule has 0 unspecified atom stereocenters. The minimum absolute atomic E-state index is 0.0937. The number of aliphatic imine (C=N–C) groups is 1. The van der Waals surface area contributed by atoms with Gasteiger partial charge in [0, 0.05) is 51.2 Å². The van der Waals surface area contributed by atoms with Crippen molar-refractivity contribution >= 4 is 23.5 Å². The molecule has 0 saturated carbocycles. The maximum Gasteiger partial charge on any atom is 0.242 e. The molecule has 1 saturated heterocycles. The SMILES string of the molecule is CCc1nncn1CCNC(=NC)N1CCN(Cc2ccc(Cl)cc2)C(=O)C1. The summed E-state index contributed by atoms with van der Waals surface area (Å²) in [5.74, 6) is 1.80. The largest absolute Gasteiger partial charge is 0.354 e.